The van der Waals surface area contributed by atoms with Gasteiger partial charge in [0, 0.05) is 44.2 Å². The van der Waals surface area contributed by atoms with E-state index in [2.05, 4.69) is 21.0 Å². The van der Waals surface area contributed by atoms with Gasteiger partial charge in [0.2, 0.25) is 11.8 Å². The quantitative estimate of drug-likeness (QED) is 0.777. The van der Waals surface area contributed by atoms with E-state index in [1.165, 1.54) is 6.92 Å². The number of rotatable bonds is 4. The van der Waals surface area contributed by atoms with Crippen molar-refractivity contribution in [2.75, 3.05) is 23.7 Å². The van der Waals surface area contributed by atoms with Crippen LogP contribution in [-0.4, -0.2) is 34.7 Å². The Bertz CT molecular complexity index is 804. The highest BCUT2D eigenvalue weighted by Crippen LogP contribution is 2.31. The largest absolute Gasteiger partial charge is 0.325 e. The molecular formula is C17H20ClN5O2. The van der Waals surface area contributed by atoms with Gasteiger partial charge in [-0.25, -0.2) is 0 Å². The zero-order valence-corrected chi connectivity index (χ0v) is 14.8. The molecule has 0 radical (unpaired) electrons. The van der Waals surface area contributed by atoms with Crippen molar-refractivity contribution in [3.8, 4) is 0 Å². The molecule has 25 heavy (non-hydrogen) atoms. The molecule has 0 saturated carbocycles. The average molecular weight is 362 g/mol. The summed E-state index contributed by atoms with van der Waals surface area (Å²) in [5.74, 6) is -0.508. The third kappa shape index (κ3) is 4.00. The molecule has 1 saturated heterocycles. The van der Waals surface area contributed by atoms with Gasteiger partial charge in [0.15, 0.2) is 0 Å². The lowest BCUT2D eigenvalue weighted by molar-refractivity contribution is -0.119. The van der Waals surface area contributed by atoms with E-state index in [0.29, 0.717) is 22.9 Å². The summed E-state index contributed by atoms with van der Waals surface area (Å²) in [6, 6.07) is 4.97. The van der Waals surface area contributed by atoms with Gasteiger partial charge in [-0.3, -0.25) is 14.3 Å². The van der Waals surface area contributed by atoms with Crippen LogP contribution in [0.4, 0.5) is 11.4 Å². The van der Waals surface area contributed by atoms with Crippen LogP contribution >= 0.6 is 11.6 Å². The van der Waals surface area contributed by atoms with Crippen LogP contribution in [0.25, 0.3) is 0 Å². The summed E-state index contributed by atoms with van der Waals surface area (Å²) >= 11 is 6.04. The number of nitrogens with zero attached hydrogens (tertiary/aromatic N) is 2. The van der Waals surface area contributed by atoms with E-state index in [-0.39, 0.29) is 23.7 Å². The van der Waals surface area contributed by atoms with Crippen molar-refractivity contribution in [2.45, 2.75) is 12.8 Å². The lowest BCUT2D eigenvalue weighted by Gasteiger charge is -2.18. The van der Waals surface area contributed by atoms with E-state index in [1.807, 2.05) is 13.2 Å². The second-order valence-electron chi connectivity index (χ2n) is 6.18. The number of halogens is 1. The Morgan fingerprint density at radius 3 is 2.76 bits per heavy atom. The summed E-state index contributed by atoms with van der Waals surface area (Å²) < 4.78 is 1.73. The Balaban J connectivity index is 1.79. The molecule has 2 amide bonds. The van der Waals surface area contributed by atoms with Crippen molar-refractivity contribution in [1.29, 1.82) is 0 Å². The van der Waals surface area contributed by atoms with Crippen LogP contribution < -0.4 is 16.0 Å². The van der Waals surface area contributed by atoms with E-state index in [0.717, 1.165) is 12.1 Å². The molecule has 2 heterocycles. The molecule has 0 bridgehead atoms. The summed E-state index contributed by atoms with van der Waals surface area (Å²) in [5.41, 5.74) is 2.04. The van der Waals surface area contributed by atoms with Crippen molar-refractivity contribution in [3.63, 3.8) is 0 Å². The molecule has 0 aliphatic carbocycles. The third-order valence-corrected chi connectivity index (χ3v) is 4.49. The highest BCUT2D eigenvalue weighted by molar-refractivity contribution is 6.31. The van der Waals surface area contributed by atoms with Gasteiger partial charge in [0.05, 0.1) is 23.5 Å². The molecule has 0 unspecified atom stereocenters. The zero-order valence-electron chi connectivity index (χ0n) is 14.0. The molecule has 8 heteroatoms. The highest BCUT2D eigenvalue weighted by atomic mass is 35.5. The van der Waals surface area contributed by atoms with Crippen LogP contribution in [0.2, 0.25) is 5.02 Å². The number of amides is 2. The predicted octanol–water partition coefficient (Wildman–Crippen LogP) is 1.97. The summed E-state index contributed by atoms with van der Waals surface area (Å²) in [6.45, 7) is 2.72. The maximum absolute atomic E-state index is 12.8. The predicted molar refractivity (Wildman–Crippen MR) is 96.7 cm³/mol. The summed E-state index contributed by atoms with van der Waals surface area (Å²) in [5, 5.41) is 13.5. The molecule has 1 aromatic heterocycles. The number of hydrogen-bond donors (Lipinski definition) is 3. The Hall–Kier alpha value is -2.38. The molecular weight excluding hydrogens is 342 g/mol. The minimum Gasteiger partial charge on any atom is -0.325 e. The minimum absolute atomic E-state index is 0.0529. The van der Waals surface area contributed by atoms with Gasteiger partial charge < -0.3 is 16.0 Å². The van der Waals surface area contributed by atoms with E-state index < -0.39 is 0 Å². The molecule has 1 aliphatic rings. The highest BCUT2D eigenvalue weighted by Gasteiger charge is 2.35. The number of hydrogen-bond acceptors (Lipinski definition) is 4. The lowest BCUT2D eigenvalue weighted by Crippen LogP contribution is -2.28. The molecule has 1 fully saturated rings. The van der Waals surface area contributed by atoms with Gasteiger partial charge in [-0.2, -0.15) is 5.10 Å². The van der Waals surface area contributed by atoms with E-state index in [4.69, 9.17) is 11.6 Å². The fraction of sp³-hybridized carbons (Fsp3) is 0.353. The lowest BCUT2D eigenvalue weighted by atomic mass is 9.90. The van der Waals surface area contributed by atoms with Crippen LogP contribution in [0, 0.1) is 5.92 Å². The number of carbonyl (C=O) groups is 2. The number of aryl methyl sites for hydroxylation is 1. The van der Waals surface area contributed by atoms with Crippen molar-refractivity contribution in [1.82, 2.24) is 15.1 Å². The maximum Gasteiger partial charge on any atom is 0.229 e. The standard InChI is InChI=1S/C17H20ClN5O2/c1-10(24)21-15-4-3-12(18)5-16(15)22-17(25)14-8-19-7-13(14)11-6-20-23(2)9-11/h3-6,9,13-14,19H,7-8H2,1-2H3,(H,21,24)(H,22,25)/t13-,14+/m1/s1. The smallest absolute Gasteiger partial charge is 0.229 e. The number of anilines is 2. The van der Waals surface area contributed by atoms with Crippen molar-refractivity contribution in [2.24, 2.45) is 13.0 Å². The van der Waals surface area contributed by atoms with E-state index in [1.54, 1.807) is 29.1 Å². The molecule has 3 rings (SSSR count). The van der Waals surface area contributed by atoms with Gasteiger partial charge in [-0.1, -0.05) is 11.6 Å². The van der Waals surface area contributed by atoms with Gasteiger partial charge in [-0.15, -0.1) is 0 Å². The topological polar surface area (TPSA) is 88.1 Å². The second kappa shape index (κ2) is 7.25. The van der Waals surface area contributed by atoms with Crippen LogP contribution in [0.15, 0.2) is 30.6 Å². The van der Waals surface area contributed by atoms with Crippen LogP contribution in [0.3, 0.4) is 0 Å². The average Bonchev–Trinajstić information content (AvgIpc) is 3.18. The van der Waals surface area contributed by atoms with Gasteiger partial charge in [0.25, 0.3) is 0 Å². The summed E-state index contributed by atoms with van der Waals surface area (Å²) in [7, 11) is 1.85. The van der Waals surface area contributed by atoms with Gasteiger partial charge in [-0.05, 0) is 23.8 Å². The number of aromatic nitrogens is 2. The molecule has 0 spiro atoms. The van der Waals surface area contributed by atoms with Gasteiger partial charge >= 0.3 is 0 Å². The number of benzene rings is 1. The molecule has 7 nitrogen and oxygen atoms in total. The second-order valence-corrected chi connectivity index (χ2v) is 6.62. The first kappa shape index (κ1) is 17.4. The summed E-state index contributed by atoms with van der Waals surface area (Å²) in [4.78, 5) is 24.2. The van der Waals surface area contributed by atoms with E-state index in [9.17, 15) is 9.59 Å². The first-order valence-corrected chi connectivity index (χ1v) is 8.39. The Morgan fingerprint density at radius 2 is 2.08 bits per heavy atom. The van der Waals surface area contributed by atoms with Crippen molar-refractivity contribution < 1.29 is 9.59 Å². The van der Waals surface area contributed by atoms with Gasteiger partial charge in [0.1, 0.15) is 0 Å². The van der Waals surface area contributed by atoms with Crippen LogP contribution in [0.5, 0.6) is 0 Å². The Labute approximate surface area is 150 Å². The third-order valence-electron chi connectivity index (χ3n) is 4.25. The number of carbonyl (C=O) groups excluding carboxylic acids is 2. The van der Waals surface area contributed by atoms with Crippen LogP contribution in [-0.2, 0) is 16.6 Å². The molecule has 3 N–H and O–H groups in total. The molecule has 2 atom stereocenters. The SMILES string of the molecule is CC(=O)Nc1ccc(Cl)cc1NC(=O)[C@H]1CNC[C@@H]1c1cnn(C)c1. The molecule has 2 aromatic rings. The number of nitrogens with one attached hydrogen (secondary N) is 3. The van der Waals surface area contributed by atoms with E-state index >= 15 is 0 Å². The van der Waals surface area contributed by atoms with Crippen molar-refractivity contribution >= 4 is 34.8 Å². The van der Waals surface area contributed by atoms with Crippen molar-refractivity contribution in [3.05, 3.63) is 41.2 Å². The fourth-order valence-electron chi connectivity index (χ4n) is 3.08. The Kier molecular flexibility index (Phi) is 5.06. The Morgan fingerprint density at radius 1 is 1.28 bits per heavy atom. The minimum atomic E-state index is -0.228. The normalized spacial score (nSPS) is 19.6. The fourth-order valence-corrected chi connectivity index (χ4v) is 3.25. The van der Waals surface area contributed by atoms with Crippen LogP contribution in [0.1, 0.15) is 18.4 Å². The molecule has 1 aliphatic heterocycles. The summed E-state index contributed by atoms with van der Waals surface area (Å²) in [6.07, 6.45) is 3.72. The monoisotopic (exact) mass is 361 g/mol. The first-order chi connectivity index (χ1) is 11.9. The molecule has 132 valence electrons. The first-order valence-electron chi connectivity index (χ1n) is 8.01. The zero-order chi connectivity index (χ0) is 18.0. The molecule has 1 aromatic carbocycles. The maximum atomic E-state index is 12.8.